The van der Waals surface area contributed by atoms with Gasteiger partial charge in [0.1, 0.15) is 22.3 Å². The van der Waals surface area contributed by atoms with Gasteiger partial charge < -0.3 is 18.6 Å². The molecule has 0 fully saturated rings. The van der Waals surface area contributed by atoms with Crippen molar-refractivity contribution in [1.29, 1.82) is 0 Å². The average Bonchev–Trinajstić information content (AvgIpc) is 1.54. The van der Waals surface area contributed by atoms with Crippen LogP contribution < -0.4 is 9.80 Å². The van der Waals surface area contributed by atoms with Crippen LogP contribution in [0.15, 0.2) is 482 Å². The SMILES string of the molecule is c1ccc(C2(c3ccccc3)c3ccccc3-c3ccc(N(c4ccccc4-c4ccc5oc6ccccc6c5c4)c4ccccc4-c4ccc5oc6ccccc6c5c4)cc32)cc1.c1ccc(C2(c3ccccc3)c3ccccc3-c3ccc(N(c4ccccc4-c4ccc5sc6ccccc6c5c4)c4ccccc4-c4ccc5sc6ccccc6c5c4)cc32)cc1. The van der Waals surface area contributed by atoms with E-state index in [-0.39, 0.29) is 0 Å². The maximum atomic E-state index is 6.32. The Morgan fingerprint density at radius 3 is 0.805 bits per heavy atom. The van der Waals surface area contributed by atoms with E-state index in [1.54, 1.807) is 0 Å². The molecule has 6 heteroatoms. The molecule has 0 bridgehead atoms. The third-order valence-corrected chi connectivity index (χ3v) is 29.0. The number of anilines is 6. The molecule has 2 aliphatic carbocycles. The number of fused-ring (bicyclic) bond motifs is 18. The van der Waals surface area contributed by atoms with Gasteiger partial charge in [-0.05, 0) is 210 Å². The van der Waals surface area contributed by atoms with Crippen LogP contribution >= 0.6 is 22.7 Å². The van der Waals surface area contributed by atoms with E-state index in [0.717, 1.165) is 100 Å². The molecule has 4 nitrogen and oxygen atoms in total. The van der Waals surface area contributed by atoms with E-state index in [0.29, 0.717) is 0 Å². The lowest BCUT2D eigenvalue weighted by Gasteiger charge is -2.35. The van der Waals surface area contributed by atoms with Gasteiger partial charge in [-0.3, -0.25) is 0 Å². The first-order valence-corrected chi connectivity index (χ1v) is 45.5. The normalized spacial score (nSPS) is 12.8. The Bertz CT molecular complexity index is 7600. The lowest BCUT2D eigenvalue weighted by Crippen LogP contribution is -2.28. The number of rotatable bonds is 14. The third-order valence-electron chi connectivity index (χ3n) is 26.7. The predicted molar refractivity (Wildman–Crippen MR) is 539 cm³/mol. The van der Waals surface area contributed by atoms with E-state index in [4.69, 9.17) is 8.83 Å². The number of para-hydroxylation sites is 6. The molecule has 600 valence electrons. The van der Waals surface area contributed by atoms with E-state index in [2.05, 4.69) is 459 Å². The highest BCUT2D eigenvalue weighted by Crippen LogP contribution is 2.61. The van der Waals surface area contributed by atoms with E-state index in [1.165, 1.54) is 129 Å². The van der Waals surface area contributed by atoms with Gasteiger partial charge in [0, 0.05) is 95.5 Å². The van der Waals surface area contributed by atoms with Crippen LogP contribution in [0.1, 0.15) is 44.5 Å². The molecule has 0 N–H and O–H groups in total. The predicted octanol–water partition coefficient (Wildman–Crippen LogP) is 34.2. The minimum Gasteiger partial charge on any atom is -0.456 e. The standard InChI is InChI=1S/C61H39NO2.C61H39NS2/c2*1-3-17-42(18-4-1)61(43-19-5-2-6-20-43)53-26-12-7-23-47(53)48-34-33-44(39-54(48)61)62(55-27-13-8-21-45(55)40-31-35-59-51(37-40)49-24-10-15-29-57(49)63-59)56-28-14-9-22-46(56)41-32-36-60-52(38-41)50-25-11-16-30-58(50)64-60/h2*1-39H. The van der Waals surface area contributed by atoms with Crippen LogP contribution in [0, 0.1) is 0 Å². The molecule has 0 saturated carbocycles. The summed E-state index contributed by atoms with van der Waals surface area (Å²) in [5, 5.41) is 9.61. The van der Waals surface area contributed by atoms with Crippen LogP contribution in [0.2, 0.25) is 0 Å². The molecule has 0 amide bonds. The van der Waals surface area contributed by atoms with Crippen LogP contribution in [0.4, 0.5) is 34.1 Å². The largest absolute Gasteiger partial charge is 0.456 e. The van der Waals surface area contributed by atoms with Gasteiger partial charge in [-0.1, -0.05) is 352 Å². The fraction of sp³-hybridized carbons (Fsp3) is 0.0164. The van der Waals surface area contributed by atoms with Gasteiger partial charge in [0.15, 0.2) is 0 Å². The lowest BCUT2D eigenvalue weighted by molar-refractivity contribution is 0.668. The van der Waals surface area contributed by atoms with E-state index in [1.807, 2.05) is 46.9 Å². The van der Waals surface area contributed by atoms with Crippen molar-refractivity contribution in [2.75, 3.05) is 9.80 Å². The quantitative estimate of drug-likeness (QED) is 0.109. The van der Waals surface area contributed by atoms with Crippen molar-refractivity contribution in [3.63, 3.8) is 0 Å². The van der Waals surface area contributed by atoms with Gasteiger partial charge in [-0.25, -0.2) is 0 Å². The Kier molecular flexibility index (Phi) is 17.8. The Morgan fingerprint density at radius 2 is 0.438 bits per heavy atom. The number of benzene rings is 20. The zero-order chi connectivity index (χ0) is 84.4. The van der Waals surface area contributed by atoms with Gasteiger partial charge in [0.2, 0.25) is 0 Å². The first-order valence-electron chi connectivity index (χ1n) is 43.8. The first-order chi connectivity index (χ1) is 63.5. The van der Waals surface area contributed by atoms with Crippen molar-refractivity contribution >= 4 is 141 Å². The van der Waals surface area contributed by atoms with Crippen molar-refractivity contribution < 1.29 is 8.83 Å². The van der Waals surface area contributed by atoms with Gasteiger partial charge in [-0.2, -0.15) is 0 Å². The summed E-state index contributed by atoms with van der Waals surface area (Å²) < 4.78 is 17.9. The molecule has 20 aromatic carbocycles. The summed E-state index contributed by atoms with van der Waals surface area (Å²) in [4.78, 5) is 5.00. The average molecular weight is 1670 g/mol. The Labute approximate surface area is 749 Å². The van der Waals surface area contributed by atoms with Crippen molar-refractivity contribution in [2.24, 2.45) is 0 Å². The molecule has 0 radical (unpaired) electrons. The number of nitrogens with zero attached hydrogens (tertiary/aromatic N) is 2. The number of hydrogen-bond acceptors (Lipinski definition) is 6. The maximum absolute atomic E-state index is 6.32. The van der Waals surface area contributed by atoms with Gasteiger partial charge in [0.25, 0.3) is 0 Å². The third kappa shape index (κ3) is 11.9. The van der Waals surface area contributed by atoms with Crippen molar-refractivity contribution in [1.82, 2.24) is 0 Å². The van der Waals surface area contributed by atoms with Crippen molar-refractivity contribution in [2.45, 2.75) is 10.8 Å². The summed E-state index contributed by atoms with van der Waals surface area (Å²) in [7, 11) is 0. The number of furan rings is 2. The topological polar surface area (TPSA) is 32.8 Å². The second-order valence-corrected chi connectivity index (χ2v) is 35.7. The second-order valence-electron chi connectivity index (χ2n) is 33.5. The minimum atomic E-state index is -0.560. The summed E-state index contributed by atoms with van der Waals surface area (Å²) >= 11 is 3.73. The molecule has 26 rings (SSSR count). The molecule has 2 aliphatic rings. The molecule has 0 aliphatic heterocycles. The minimum absolute atomic E-state index is 0.536. The second kappa shape index (κ2) is 30.5. The lowest BCUT2D eigenvalue weighted by atomic mass is 9.67. The summed E-state index contributed by atoms with van der Waals surface area (Å²) in [6.45, 7) is 0. The van der Waals surface area contributed by atoms with E-state index in [9.17, 15) is 0 Å². The fourth-order valence-electron chi connectivity index (χ4n) is 21.2. The highest BCUT2D eigenvalue weighted by molar-refractivity contribution is 7.26. The summed E-state index contributed by atoms with van der Waals surface area (Å²) in [6.07, 6.45) is 0. The van der Waals surface area contributed by atoms with E-state index >= 15 is 0 Å². The summed E-state index contributed by atoms with van der Waals surface area (Å²) in [5.74, 6) is 0. The monoisotopic (exact) mass is 1670 g/mol. The Hall–Kier alpha value is -16.0. The molecular weight excluding hydrogens is 1590 g/mol. The maximum Gasteiger partial charge on any atom is 0.135 e. The highest BCUT2D eigenvalue weighted by Gasteiger charge is 2.48. The van der Waals surface area contributed by atoms with Crippen molar-refractivity contribution in [3.05, 3.63) is 518 Å². The highest BCUT2D eigenvalue weighted by atomic mass is 32.1. The summed E-state index contributed by atoms with van der Waals surface area (Å²) in [5.41, 5.74) is 33.3. The van der Waals surface area contributed by atoms with Gasteiger partial charge in [-0.15, -0.1) is 22.7 Å². The molecule has 0 spiro atoms. The Balaban J connectivity index is 0.000000139. The number of hydrogen-bond donors (Lipinski definition) is 0. The molecule has 24 aromatic rings. The van der Waals surface area contributed by atoms with Gasteiger partial charge in [0.05, 0.1) is 33.6 Å². The molecule has 0 unspecified atom stereocenters. The van der Waals surface area contributed by atoms with Crippen LogP contribution in [-0.4, -0.2) is 0 Å². The zero-order valence-corrected chi connectivity index (χ0v) is 71.2. The van der Waals surface area contributed by atoms with Crippen molar-refractivity contribution in [3.8, 4) is 66.8 Å². The molecule has 4 heterocycles. The molecular formula is C122H78N2O2S2. The van der Waals surface area contributed by atoms with Gasteiger partial charge >= 0.3 is 0 Å². The van der Waals surface area contributed by atoms with Crippen LogP contribution in [-0.2, 0) is 10.8 Å². The van der Waals surface area contributed by atoms with Crippen LogP contribution in [0.25, 0.3) is 151 Å². The zero-order valence-electron chi connectivity index (χ0n) is 69.6. The first kappa shape index (κ1) is 74.6. The smallest absolute Gasteiger partial charge is 0.135 e. The molecule has 128 heavy (non-hydrogen) atoms. The van der Waals surface area contributed by atoms with Crippen LogP contribution in [0.3, 0.4) is 0 Å². The van der Waals surface area contributed by atoms with Crippen LogP contribution in [0.5, 0.6) is 0 Å². The summed E-state index contributed by atoms with van der Waals surface area (Å²) in [6, 6.07) is 174. The fourth-order valence-corrected chi connectivity index (χ4v) is 23.4. The van der Waals surface area contributed by atoms with E-state index < -0.39 is 10.8 Å². The molecule has 0 saturated heterocycles. The molecule has 4 aromatic heterocycles. The number of thiophene rings is 2. The Morgan fingerprint density at radius 1 is 0.172 bits per heavy atom. The molecule has 0 atom stereocenters.